The maximum atomic E-state index is 13.7. The van der Waals surface area contributed by atoms with E-state index in [1.54, 1.807) is 44.9 Å². The quantitative estimate of drug-likeness (QED) is 0.0124. The second-order valence-corrected chi connectivity index (χ2v) is 20.9. The molecule has 18 nitrogen and oxygen atoms in total. The smallest absolute Gasteiger partial charge is 0.858 e. The van der Waals surface area contributed by atoms with Crippen molar-refractivity contribution in [1.29, 1.82) is 5.26 Å². The average Bonchev–Trinajstić information content (AvgIpc) is 3.35. The van der Waals surface area contributed by atoms with Gasteiger partial charge in [-0.05, 0) is 141 Å². The molecule has 1 aliphatic rings. The van der Waals surface area contributed by atoms with Crippen molar-refractivity contribution in [2.45, 2.75) is 83.6 Å². The molecule has 432 valence electrons. The van der Waals surface area contributed by atoms with Gasteiger partial charge < -0.3 is 38.2 Å². The first-order valence-corrected chi connectivity index (χ1v) is 28.1. The molecule has 0 amide bonds. The Morgan fingerprint density at radius 3 is 1.92 bits per heavy atom. The number of nitrogens with zero attached hydrogens (tertiary/aromatic N) is 9. The van der Waals surface area contributed by atoms with E-state index in [2.05, 4.69) is 52.5 Å². The van der Waals surface area contributed by atoms with Gasteiger partial charge in [0.25, 0.3) is 8.53 Å². The summed E-state index contributed by atoms with van der Waals surface area (Å²) in [6.07, 6.45) is 5.71. The van der Waals surface area contributed by atoms with Gasteiger partial charge in [-0.3, -0.25) is 29.5 Å². The van der Waals surface area contributed by atoms with Gasteiger partial charge in [-0.2, -0.15) is 5.26 Å². The maximum absolute atomic E-state index is 13.7. The minimum atomic E-state index is -1.79. The molecule has 0 saturated carbocycles. The number of rotatable bonds is 21. The van der Waals surface area contributed by atoms with Gasteiger partial charge >= 0.3 is 25.2 Å². The van der Waals surface area contributed by atoms with Crippen LogP contribution in [0.3, 0.4) is 0 Å². The Morgan fingerprint density at radius 1 is 0.786 bits per heavy atom. The zero-order chi connectivity index (χ0) is 58.7. The van der Waals surface area contributed by atoms with Gasteiger partial charge in [0.15, 0.2) is 0 Å². The fourth-order valence-electron chi connectivity index (χ4n) is 9.32. The van der Waals surface area contributed by atoms with Crippen molar-refractivity contribution in [2.24, 2.45) is 4.99 Å². The summed E-state index contributed by atoms with van der Waals surface area (Å²) in [6, 6.07) is 45.7. The van der Waals surface area contributed by atoms with Crippen molar-refractivity contribution in [3.05, 3.63) is 214 Å². The van der Waals surface area contributed by atoms with Gasteiger partial charge in [-0.1, -0.05) is 78.6 Å². The third-order valence-electron chi connectivity index (χ3n) is 13.2. The third kappa shape index (κ3) is 16.2. The van der Waals surface area contributed by atoms with Crippen LogP contribution in [0.1, 0.15) is 80.1 Å². The molecule has 3 aromatic carbocycles. The summed E-state index contributed by atoms with van der Waals surface area (Å²) in [5.41, 5.74) is 4.50. The number of aliphatic imine (C=N–C) groups is 1. The SMILES string of the molecule is COc1ccc(C(OC[C@H]2O[C@@H](n3cc(C#CCN=C([O-])c4ccnc(-c5cc(C)ccn5)c4)c([O-])nc3=O)C[C@@H]2OP(OCCC#N)N(C(C)C)C(C)C)(c2ccccc2)c2ccc(OC)cc2)cc1.[Ru+2].c1ccc(-c2ccccn2)nc1. The molecule has 1 saturated heterocycles. The molecule has 5 aromatic heterocycles. The van der Waals surface area contributed by atoms with Crippen LogP contribution in [0.4, 0.5) is 0 Å². The molecular formula is C64H64N9O9PRu. The maximum Gasteiger partial charge on any atom is 2.00 e. The molecule has 4 atom stereocenters. The number of ether oxygens (including phenoxy) is 4. The second-order valence-electron chi connectivity index (χ2n) is 19.5. The monoisotopic (exact) mass is 1240 g/mol. The molecule has 0 bridgehead atoms. The van der Waals surface area contributed by atoms with Crippen LogP contribution in [-0.4, -0.2) is 98.3 Å². The molecule has 1 unspecified atom stereocenters. The zero-order valence-corrected chi connectivity index (χ0v) is 50.2. The predicted molar refractivity (Wildman–Crippen MR) is 313 cm³/mol. The summed E-state index contributed by atoms with van der Waals surface area (Å²) < 4.78 is 41.8. The Balaban J connectivity index is 0.000000687. The van der Waals surface area contributed by atoms with E-state index in [9.17, 15) is 20.3 Å². The van der Waals surface area contributed by atoms with Gasteiger partial charge in [-0.15, -0.1) is 0 Å². The number of benzene rings is 3. The standard InChI is InChI=1S/C54H58N7O9P.C10H8N2.Ru/c1-36(2)61(37(3)4)71(68-30-12-26-55)70-48-33-50(60-34-40(52(63)59-53(60)64)13-11-27-58-51(62)39-25-29-57-47(32-39)46-31-38(5)24-28-56-46)69-49(48)35-67-54(41-14-9-8-10-15-41,42-16-20-44(65-6)21-17-42)43-18-22-45(66-7)23-19-43;1-3-7-11-9(5-1)10-6-2-4-8-12-10;/h8-10,14-25,28-29,31-32,34,36-37,48-50H,12,27,30,33,35H2,1-7H3,(H,58,62)(H,59,63,64);1-8H;/q;;+2/p-2/t48-,49+,50+,71?;;/m0../s1. The third-order valence-corrected chi connectivity index (χ3v) is 15.4. The molecular weight excluding hydrogens is 1170 g/mol. The van der Waals surface area contributed by atoms with Crippen molar-refractivity contribution in [3.63, 3.8) is 0 Å². The first-order chi connectivity index (χ1) is 40.3. The number of methoxy groups -OCH3 is 2. The average molecular weight is 1240 g/mol. The second kappa shape index (κ2) is 31.0. The van der Waals surface area contributed by atoms with Crippen LogP contribution < -0.4 is 25.4 Å². The normalized spacial score (nSPS) is 15.2. The Bertz CT molecular complexity index is 3480. The molecule has 0 spiro atoms. The van der Waals surface area contributed by atoms with Gasteiger partial charge in [0.1, 0.15) is 29.4 Å². The predicted octanol–water partition coefficient (Wildman–Crippen LogP) is 9.36. The molecule has 8 aromatic rings. The largest absolute Gasteiger partial charge is 2.00 e. The number of aryl methyl sites for hydroxylation is 1. The number of hydrogen-bond acceptors (Lipinski definition) is 17. The number of nitriles is 1. The number of pyridine rings is 4. The molecule has 6 heterocycles. The van der Waals surface area contributed by atoms with E-state index in [0.29, 0.717) is 28.5 Å². The summed E-state index contributed by atoms with van der Waals surface area (Å²) in [6.45, 7) is 9.93. The van der Waals surface area contributed by atoms with E-state index >= 15 is 0 Å². The van der Waals surface area contributed by atoms with Gasteiger partial charge in [0, 0.05) is 55.4 Å². The van der Waals surface area contributed by atoms with E-state index in [1.165, 1.54) is 17.0 Å². The number of aromatic nitrogens is 6. The fourth-order valence-corrected chi connectivity index (χ4v) is 11.1. The van der Waals surface area contributed by atoms with Crippen molar-refractivity contribution in [1.82, 2.24) is 34.2 Å². The minimum absolute atomic E-state index is 0. The first-order valence-electron chi connectivity index (χ1n) is 26.9. The summed E-state index contributed by atoms with van der Waals surface area (Å²) in [4.78, 5) is 38.6. The number of hydrogen-bond donors (Lipinski definition) is 0. The van der Waals surface area contributed by atoms with E-state index in [0.717, 1.165) is 33.6 Å². The van der Waals surface area contributed by atoms with Crippen molar-refractivity contribution >= 4 is 14.4 Å². The molecule has 1 fully saturated rings. The van der Waals surface area contributed by atoms with Crippen LogP contribution in [0.2, 0.25) is 0 Å². The Hall–Kier alpha value is -8.09. The summed E-state index contributed by atoms with van der Waals surface area (Å²) in [5, 5.41) is 35.7. The molecule has 0 aliphatic carbocycles. The molecule has 84 heavy (non-hydrogen) atoms. The molecule has 0 radical (unpaired) electrons. The van der Waals surface area contributed by atoms with Crippen molar-refractivity contribution in [2.75, 3.05) is 34.0 Å². The van der Waals surface area contributed by atoms with Gasteiger partial charge in [0.05, 0.1) is 80.9 Å². The molecule has 20 heteroatoms. The molecule has 9 rings (SSSR count). The summed E-state index contributed by atoms with van der Waals surface area (Å²) in [7, 11) is 1.43. The first kappa shape index (κ1) is 63.5. The fraction of sp³-hybridized carbons (Fsp3) is 0.281. The minimum Gasteiger partial charge on any atom is -0.858 e. The summed E-state index contributed by atoms with van der Waals surface area (Å²) in [5.74, 6) is 5.49. The van der Waals surface area contributed by atoms with Crippen LogP contribution in [0, 0.1) is 30.1 Å². The van der Waals surface area contributed by atoms with Crippen molar-refractivity contribution < 1.29 is 57.7 Å². The molecule has 0 N–H and O–H groups in total. The Kier molecular flexibility index (Phi) is 23.4. The zero-order valence-electron chi connectivity index (χ0n) is 47.6. The van der Waals surface area contributed by atoms with Crippen LogP contribution in [0.5, 0.6) is 17.4 Å². The van der Waals surface area contributed by atoms with Crippen LogP contribution in [0.25, 0.3) is 22.8 Å². The van der Waals surface area contributed by atoms with Crippen LogP contribution in [0.15, 0.2) is 180 Å². The Labute approximate surface area is 503 Å². The molecule has 1 aliphatic heterocycles. The van der Waals surface area contributed by atoms with Crippen LogP contribution >= 0.6 is 8.53 Å². The van der Waals surface area contributed by atoms with E-state index < -0.39 is 50.0 Å². The van der Waals surface area contributed by atoms with Gasteiger partial charge in [0.2, 0.25) is 0 Å². The topological polar surface area (TPSA) is 227 Å². The van der Waals surface area contributed by atoms with E-state index in [4.69, 9.17) is 28.0 Å². The van der Waals surface area contributed by atoms with E-state index in [1.807, 2.05) is 162 Å². The van der Waals surface area contributed by atoms with Crippen LogP contribution in [-0.2, 0) is 43.6 Å². The summed E-state index contributed by atoms with van der Waals surface area (Å²) >= 11 is 0. The van der Waals surface area contributed by atoms with Crippen molar-refractivity contribution in [3.8, 4) is 58.1 Å². The Morgan fingerprint density at radius 2 is 1.36 bits per heavy atom. The van der Waals surface area contributed by atoms with E-state index in [-0.39, 0.29) is 69.7 Å². The van der Waals surface area contributed by atoms with Gasteiger partial charge in [-0.25, -0.2) is 14.4 Å².